The van der Waals surface area contributed by atoms with E-state index < -0.39 is 0 Å². The Labute approximate surface area is 261 Å². The lowest BCUT2D eigenvalue weighted by molar-refractivity contribution is 0.0526. The number of benzene rings is 4. The van der Waals surface area contributed by atoms with Gasteiger partial charge in [0.1, 0.15) is 5.75 Å². The van der Waals surface area contributed by atoms with Crippen LogP contribution in [0.25, 0.3) is 5.69 Å². The summed E-state index contributed by atoms with van der Waals surface area (Å²) in [6, 6.07) is 33.3. The van der Waals surface area contributed by atoms with Gasteiger partial charge >= 0.3 is 5.97 Å². The molecule has 7 rings (SSSR count). The van der Waals surface area contributed by atoms with E-state index in [9.17, 15) is 4.79 Å². The largest absolute Gasteiger partial charge is 0.494 e. The van der Waals surface area contributed by atoms with Crippen LogP contribution in [0, 0.1) is 6.92 Å². The number of carbonyl (C=O) groups excluding carboxylic acids is 1. The van der Waals surface area contributed by atoms with Crippen molar-refractivity contribution in [1.82, 2.24) is 9.78 Å². The zero-order valence-corrected chi connectivity index (χ0v) is 25.3. The summed E-state index contributed by atoms with van der Waals surface area (Å²) in [4.78, 5) is 24.8. The van der Waals surface area contributed by atoms with Crippen LogP contribution in [0.4, 0.5) is 22.9 Å². The van der Waals surface area contributed by atoms with E-state index in [1.807, 2.05) is 91.3 Å². The van der Waals surface area contributed by atoms with Crippen LogP contribution < -0.4 is 15.0 Å². The Morgan fingerprint density at radius 2 is 1.58 bits per heavy atom. The molecule has 0 saturated carbocycles. The molecule has 0 radical (unpaired) electrons. The molecule has 224 valence electrons. The molecule has 0 spiro atoms. The Balaban J connectivity index is 1.40. The summed E-state index contributed by atoms with van der Waals surface area (Å²) in [6.07, 6.45) is 0. The monoisotopic (exact) mass is 596 g/mol. The fourth-order valence-electron chi connectivity index (χ4n) is 5.82. The molecule has 5 aromatic rings. The second kappa shape index (κ2) is 11.8. The van der Waals surface area contributed by atoms with Crippen LogP contribution in [0.15, 0.2) is 113 Å². The van der Waals surface area contributed by atoms with Crippen LogP contribution in [0.1, 0.15) is 47.1 Å². The second-order valence-electron chi connectivity index (χ2n) is 10.7. The lowest BCUT2D eigenvalue weighted by Gasteiger charge is -2.40. The number of carbonyl (C=O) groups is 1. The number of nitrogens with one attached hydrogen (secondary N) is 1. The molecule has 9 heteroatoms. The van der Waals surface area contributed by atoms with Crippen LogP contribution >= 0.6 is 0 Å². The maximum atomic E-state index is 12.3. The van der Waals surface area contributed by atoms with Crippen LogP contribution in [0.3, 0.4) is 0 Å². The summed E-state index contributed by atoms with van der Waals surface area (Å²) in [7, 11) is 0. The van der Waals surface area contributed by atoms with Crippen molar-refractivity contribution in [2.75, 3.05) is 23.4 Å². The molecule has 0 saturated heterocycles. The number of esters is 1. The molecule has 1 aromatic heterocycles. The van der Waals surface area contributed by atoms with Crippen molar-refractivity contribution in [2.24, 2.45) is 9.98 Å². The highest BCUT2D eigenvalue weighted by Crippen LogP contribution is 2.48. The fraction of sp³-hybridized carbons (Fsp3) is 0.167. The zero-order chi connectivity index (χ0) is 30.9. The van der Waals surface area contributed by atoms with Crippen molar-refractivity contribution in [3.05, 3.63) is 126 Å². The minimum atomic E-state index is -0.355. The van der Waals surface area contributed by atoms with Crippen molar-refractivity contribution in [2.45, 2.75) is 26.8 Å². The molecule has 0 unspecified atom stereocenters. The summed E-state index contributed by atoms with van der Waals surface area (Å²) in [6.45, 7) is 6.73. The van der Waals surface area contributed by atoms with E-state index in [2.05, 4.69) is 28.4 Å². The van der Waals surface area contributed by atoms with Gasteiger partial charge in [0.05, 0.1) is 47.6 Å². The Bertz CT molecular complexity index is 1930. The first-order valence-electron chi connectivity index (χ1n) is 15.0. The topological polar surface area (TPSA) is 93.3 Å². The molecule has 0 amide bonds. The Morgan fingerprint density at radius 3 is 2.31 bits per heavy atom. The Hall–Kier alpha value is -5.70. The quantitative estimate of drug-likeness (QED) is 0.195. The van der Waals surface area contributed by atoms with Crippen molar-refractivity contribution in [3.8, 4) is 11.4 Å². The molecule has 1 atom stereocenters. The number of aromatic nitrogens is 2. The number of aryl methyl sites for hydroxylation is 1. The third-order valence-electron chi connectivity index (χ3n) is 7.80. The number of rotatable bonds is 7. The van der Waals surface area contributed by atoms with Crippen molar-refractivity contribution in [1.29, 1.82) is 0 Å². The number of para-hydroxylation sites is 3. The fourth-order valence-corrected chi connectivity index (χ4v) is 5.82. The molecular weight excluding hydrogens is 564 g/mol. The lowest BCUT2D eigenvalue weighted by atomic mass is 9.93. The predicted molar refractivity (Wildman–Crippen MR) is 177 cm³/mol. The van der Waals surface area contributed by atoms with Gasteiger partial charge in [-0.1, -0.05) is 42.5 Å². The van der Waals surface area contributed by atoms with Crippen LogP contribution in [-0.2, 0) is 4.74 Å². The maximum Gasteiger partial charge on any atom is 0.338 e. The highest BCUT2D eigenvalue weighted by Gasteiger charge is 2.41. The highest BCUT2D eigenvalue weighted by atomic mass is 16.5. The van der Waals surface area contributed by atoms with Gasteiger partial charge in [0.15, 0.2) is 17.5 Å². The average molecular weight is 597 g/mol. The zero-order valence-electron chi connectivity index (χ0n) is 25.3. The number of hydrogen-bond acceptors (Lipinski definition) is 8. The van der Waals surface area contributed by atoms with Crippen molar-refractivity contribution in [3.63, 3.8) is 0 Å². The van der Waals surface area contributed by atoms with Gasteiger partial charge in [0, 0.05) is 11.3 Å². The first kappa shape index (κ1) is 28.1. The van der Waals surface area contributed by atoms with Gasteiger partial charge < -0.3 is 19.7 Å². The van der Waals surface area contributed by atoms with Gasteiger partial charge in [-0.15, -0.1) is 0 Å². The number of fused-ring (bicyclic) bond motifs is 4. The van der Waals surface area contributed by atoms with Gasteiger partial charge in [-0.2, -0.15) is 5.10 Å². The molecule has 0 fully saturated rings. The van der Waals surface area contributed by atoms with Crippen LogP contribution in [-0.4, -0.2) is 40.6 Å². The maximum absolute atomic E-state index is 12.3. The third-order valence-corrected chi connectivity index (χ3v) is 7.80. The highest BCUT2D eigenvalue weighted by molar-refractivity contribution is 6.51. The van der Waals surface area contributed by atoms with Gasteiger partial charge in [0.2, 0.25) is 0 Å². The molecule has 9 nitrogen and oxygen atoms in total. The van der Waals surface area contributed by atoms with E-state index in [0.717, 1.165) is 51.1 Å². The summed E-state index contributed by atoms with van der Waals surface area (Å²) >= 11 is 0. The summed E-state index contributed by atoms with van der Waals surface area (Å²) in [5, 5.41) is 8.49. The first-order chi connectivity index (χ1) is 22.1. The standard InChI is InChI=1S/C36H32N6O3/c1-4-44-28-21-17-24(18-22-28)32-31-23(3)40-42(27-11-7-6-8-12-27)34(31)39-35-33(38-29-13-9-10-14-30(29)41(32)35)37-26-19-15-25(16-20-26)36(43)45-5-2/h6-22,32H,4-5H2,1-3H3,(H,37,38)/t32-/m0/s1. The molecule has 45 heavy (non-hydrogen) atoms. The molecule has 0 bridgehead atoms. The van der Waals surface area contributed by atoms with Gasteiger partial charge in [-0.25, -0.2) is 19.5 Å². The van der Waals surface area contributed by atoms with Crippen molar-refractivity contribution < 1.29 is 14.3 Å². The van der Waals surface area contributed by atoms with Crippen LogP contribution in [0.2, 0.25) is 0 Å². The first-order valence-corrected chi connectivity index (χ1v) is 15.0. The number of aliphatic imine (C=N–C) groups is 2. The summed E-state index contributed by atoms with van der Waals surface area (Å²) in [5.74, 6) is 2.45. The molecule has 4 aromatic carbocycles. The number of anilines is 2. The Kier molecular flexibility index (Phi) is 7.34. The minimum absolute atomic E-state index is 0.250. The number of hydrogen-bond donors (Lipinski definition) is 1. The van der Waals surface area contributed by atoms with E-state index in [1.54, 1.807) is 19.1 Å². The van der Waals surface area contributed by atoms with Gasteiger partial charge in [-0.05, 0) is 87.0 Å². The van der Waals surface area contributed by atoms with Gasteiger partial charge in [-0.3, -0.25) is 0 Å². The van der Waals surface area contributed by atoms with E-state index in [-0.39, 0.29) is 12.0 Å². The molecule has 2 aliphatic heterocycles. The molecule has 1 N–H and O–H groups in total. The molecular formula is C36H32N6O3. The normalized spacial score (nSPS) is 14.8. The van der Waals surface area contributed by atoms with Gasteiger partial charge in [0.25, 0.3) is 0 Å². The summed E-state index contributed by atoms with van der Waals surface area (Å²) < 4.78 is 12.8. The van der Waals surface area contributed by atoms with Crippen LogP contribution in [0.5, 0.6) is 5.75 Å². The number of amidine groups is 2. The third kappa shape index (κ3) is 5.12. The predicted octanol–water partition coefficient (Wildman–Crippen LogP) is 7.55. The second-order valence-corrected chi connectivity index (χ2v) is 10.7. The van der Waals surface area contributed by atoms with E-state index in [1.165, 1.54) is 0 Å². The van der Waals surface area contributed by atoms with E-state index >= 15 is 0 Å². The van der Waals surface area contributed by atoms with Crippen molar-refractivity contribution >= 4 is 40.5 Å². The summed E-state index contributed by atoms with van der Waals surface area (Å²) in [5.41, 5.74) is 6.89. The molecule has 2 aliphatic rings. The lowest BCUT2D eigenvalue weighted by Crippen LogP contribution is -2.46. The molecule has 3 heterocycles. The number of ether oxygens (including phenoxy) is 2. The number of nitrogens with zero attached hydrogens (tertiary/aromatic N) is 5. The molecule has 0 aliphatic carbocycles. The minimum Gasteiger partial charge on any atom is -0.494 e. The van der Waals surface area contributed by atoms with E-state index in [0.29, 0.717) is 30.4 Å². The smallest absolute Gasteiger partial charge is 0.338 e. The SMILES string of the molecule is CCOC(=O)c1ccc(NC2=Nc3ccccc3N3C2=Nc2c(c(C)nn2-c2ccccc2)[C@@H]3c2ccc(OCC)cc2)cc1. The Morgan fingerprint density at radius 1 is 0.844 bits per heavy atom. The average Bonchev–Trinajstić information content (AvgIpc) is 3.41. The van der Waals surface area contributed by atoms with E-state index in [4.69, 9.17) is 24.6 Å².